The van der Waals surface area contributed by atoms with Gasteiger partial charge < -0.3 is 14.6 Å². The molecule has 2 saturated heterocycles. The maximum atomic E-state index is 12.6. The van der Waals surface area contributed by atoms with Crippen LogP contribution >= 0.6 is 0 Å². The largest absolute Gasteiger partial charge is 0.478 e. The second-order valence-electron chi connectivity index (χ2n) is 9.75. The summed E-state index contributed by atoms with van der Waals surface area (Å²) in [6.45, 7) is 7.01. The Bertz CT molecular complexity index is 1280. The number of ether oxygens (including phenoxy) is 2. The van der Waals surface area contributed by atoms with Gasteiger partial charge in [0.05, 0.1) is 11.6 Å². The van der Waals surface area contributed by atoms with Crippen LogP contribution in [0.3, 0.4) is 0 Å². The van der Waals surface area contributed by atoms with Crippen molar-refractivity contribution >= 4 is 12.1 Å². The number of cyclic esters (lactones) is 1. The number of aromatic nitrogens is 1. The fraction of sp³-hybridized carbons (Fsp3) is 0.345. The maximum absolute atomic E-state index is 12.6. The number of carboxylic acids is 1. The molecule has 1 aromatic heterocycles. The van der Waals surface area contributed by atoms with Crippen LogP contribution in [0, 0.1) is 13.8 Å². The summed E-state index contributed by atoms with van der Waals surface area (Å²) in [5, 5.41) is 9.04. The van der Waals surface area contributed by atoms with Gasteiger partial charge in [-0.2, -0.15) is 0 Å². The molecule has 1 amide bonds. The van der Waals surface area contributed by atoms with E-state index in [1.54, 1.807) is 12.1 Å². The van der Waals surface area contributed by atoms with Crippen molar-refractivity contribution in [2.75, 3.05) is 19.7 Å². The molecule has 2 aliphatic rings. The first-order valence-corrected chi connectivity index (χ1v) is 12.6. The normalized spacial score (nSPS) is 18.6. The predicted octanol–water partition coefficient (Wildman–Crippen LogP) is 5.35. The van der Waals surface area contributed by atoms with E-state index < -0.39 is 5.97 Å². The van der Waals surface area contributed by atoms with Gasteiger partial charge in [-0.15, -0.1) is 0 Å². The van der Waals surface area contributed by atoms with Crippen LogP contribution in [0.1, 0.15) is 51.6 Å². The summed E-state index contributed by atoms with van der Waals surface area (Å²) in [7, 11) is 0. The lowest BCUT2D eigenvalue weighted by Crippen LogP contribution is -2.46. The van der Waals surface area contributed by atoms with Crippen LogP contribution in [0.2, 0.25) is 0 Å². The summed E-state index contributed by atoms with van der Waals surface area (Å²) in [5.41, 5.74) is 4.55. The molecular weight excluding hydrogens is 470 g/mol. The first-order valence-electron chi connectivity index (χ1n) is 12.6. The minimum Gasteiger partial charge on any atom is -0.478 e. The Kier molecular flexibility index (Phi) is 7.10. The van der Waals surface area contributed by atoms with Crippen molar-refractivity contribution in [3.8, 4) is 11.6 Å². The quantitative estimate of drug-likeness (QED) is 0.467. The number of hydrogen-bond donors (Lipinski definition) is 1. The molecule has 1 atom stereocenters. The molecule has 0 saturated carbocycles. The first-order chi connectivity index (χ1) is 17.9. The summed E-state index contributed by atoms with van der Waals surface area (Å²) in [6, 6.07) is 18.6. The summed E-state index contributed by atoms with van der Waals surface area (Å²) in [4.78, 5) is 32.6. The van der Waals surface area contributed by atoms with E-state index in [1.165, 1.54) is 17.7 Å². The van der Waals surface area contributed by atoms with Crippen molar-refractivity contribution in [1.82, 2.24) is 14.8 Å². The monoisotopic (exact) mass is 501 g/mol. The van der Waals surface area contributed by atoms with Gasteiger partial charge in [0.15, 0.2) is 0 Å². The zero-order valence-corrected chi connectivity index (χ0v) is 21.1. The van der Waals surface area contributed by atoms with Gasteiger partial charge in [0.25, 0.3) is 0 Å². The van der Waals surface area contributed by atoms with Gasteiger partial charge in [-0.1, -0.05) is 35.9 Å². The molecule has 1 N–H and O–H groups in total. The minimum absolute atomic E-state index is 0.0248. The number of carboxylic acid groups (broad SMARTS) is 1. The van der Waals surface area contributed by atoms with Gasteiger partial charge in [0, 0.05) is 37.4 Å². The van der Waals surface area contributed by atoms with Crippen molar-refractivity contribution < 1.29 is 24.2 Å². The zero-order valence-electron chi connectivity index (χ0n) is 21.1. The second kappa shape index (κ2) is 10.6. The van der Waals surface area contributed by atoms with E-state index in [0.717, 1.165) is 49.3 Å². The molecule has 3 aromatic rings. The van der Waals surface area contributed by atoms with Gasteiger partial charge in [0.1, 0.15) is 12.4 Å². The Labute approximate surface area is 216 Å². The van der Waals surface area contributed by atoms with Crippen LogP contribution < -0.4 is 4.74 Å². The van der Waals surface area contributed by atoms with Crippen LogP contribution in [0.25, 0.3) is 0 Å². The van der Waals surface area contributed by atoms with E-state index in [0.29, 0.717) is 18.2 Å². The molecule has 0 radical (unpaired) electrons. The van der Waals surface area contributed by atoms with Crippen molar-refractivity contribution in [1.29, 1.82) is 0 Å². The number of carbonyl (C=O) groups excluding carboxylic acids is 1. The highest BCUT2D eigenvalue weighted by molar-refractivity contribution is 5.87. The molecule has 2 aromatic carbocycles. The number of hydrogen-bond acceptors (Lipinski definition) is 6. The predicted molar refractivity (Wildman–Crippen MR) is 138 cm³/mol. The SMILES string of the molecule is Cc1cccc(C2COC(=O)N2C2CCN(Cc3ccc(Oc4ccc(C(=O)O)cc4)nc3C)CC2)c1. The van der Waals surface area contributed by atoms with Crippen LogP contribution in [-0.2, 0) is 11.3 Å². The highest BCUT2D eigenvalue weighted by atomic mass is 16.6. The number of likely N-dealkylation sites (tertiary alicyclic amines) is 1. The molecule has 8 heteroatoms. The molecule has 2 aliphatic heterocycles. The number of nitrogens with zero attached hydrogens (tertiary/aromatic N) is 3. The molecule has 3 heterocycles. The van der Waals surface area contributed by atoms with Crippen LogP contribution in [0.15, 0.2) is 60.7 Å². The molecule has 0 aliphatic carbocycles. The first kappa shape index (κ1) is 24.8. The third-order valence-electron chi connectivity index (χ3n) is 7.18. The van der Waals surface area contributed by atoms with Crippen molar-refractivity contribution in [2.45, 2.75) is 45.3 Å². The lowest BCUT2D eigenvalue weighted by Gasteiger charge is -2.38. The topological polar surface area (TPSA) is 92.2 Å². The number of carbonyl (C=O) groups is 2. The van der Waals surface area contributed by atoms with Gasteiger partial charge in [0.2, 0.25) is 5.88 Å². The maximum Gasteiger partial charge on any atom is 0.410 e. The van der Waals surface area contributed by atoms with E-state index in [2.05, 4.69) is 35.0 Å². The van der Waals surface area contributed by atoms with Crippen LogP contribution in [0.4, 0.5) is 4.79 Å². The Morgan fingerprint density at radius 2 is 1.84 bits per heavy atom. The molecule has 192 valence electrons. The molecule has 1 unspecified atom stereocenters. The average molecular weight is 502 g/mol. The fourth-order valence-corrected chi connectivity index (χ4v) is 5.14. The number of aryl methyl sites for hydroxylation is 2. The molecule has 2 fully saturated rings. The number of aromatic carboxylic acids is 1. The third-order valence-corrected chi connectivity index (χ3v) is 7.18. The molecule has 8 nitrogen and oxygen atoms in total. The van der Waals surface area contributed by atoms with E-state index in [1.807, 2.05) is 30.0 Å². The summed E-state index contributed by atoms with van der Waals surface area (Å²) in [6.07, 6.45) is 1.59. The van der Waals surface area contributed by atoms with Gasteiger partial charge in [-0.05, 0) is 62.1 Å². The molecule has 37 heavy (non-hydrogen) atoms. The standard InChI is InChI=1S/C29H31N3O5/c1-19-4-3-5-22(16-19)26-18-36-29(35)32(26)24-12-14-31(15-13-24)17-23-8-11-27(30-20(23)2)37-25-9-6-21(7-10-25)28(33)34/h3-11,16,24,26H,12-15,17-18H2,1-2H3,(H,33,34). The van der Waals surface area contributed by atoms with Gasteiger partial charge >= 0.3 is 12.1 Å². The number of amides is 1. The van der Waals surface area contributed by atoms with Gasteiger partial charge in [-0.25, -0.2) is 14.6 Å². The number of benzene rings is 2. The Hall–Kier alpha value is -3.91. The van der Waals surface area contributed by atoms with E-state index >= 15 is 0 Å². The Morgan fingerprint density at radius 3 is 2.51 bits per heavy atom. The van der Waals surface area contributed by atoms with Crippen LogP contribution in [0.5, 0.6) is 11.6 Å². The summed E-state index contributed by atoms with van der Waals surface area (Å²) >= 11 is 0. The minimum atomic E-state index is -0.972. The number of piperidine rings is 1. The second-order valence-corrected chi connectivity index (χ2v) is 9.75. The highest BCUT2D eigenvalue weighted by Crippen LogP contribution is 2.34. The molecule has 0 spiro atoms. The summed E-state index contributed by atoms with van der Waals surface area (Å²) in [5.74, 6) is 0.0364. The molecule has 0 bridgehead atoms. The Balaban J connectivity index is 1.18. The molecule has 5 rings (SSSR count). The van der Waals surface area contributed by atoms with Crippen molar-refractivity contribution in [3.05, 3.63) is 88.6 Å². The fourth-order valence-electron chi connectivity index (χ4n) is 5.14. The lowest BCUT2D eigenvalue weighted by molar-refractivity contribution is 0.0696. The Morgan fingerprint density at radius 1 is 1.08 bits per heavy atom. The van der Waals surface area contributed by atoms with E-state index in [4.69, 9.17) is 14.6 Å². The lowest BCUT2D eigenvalue weighted by atomic mass is 9.98. The smallest absolute Gasteiger partial charge is 0.410 e. The van der Waals surface area contributed by atoms with E-state index in [9.17, 15) is 9.59 Å². The van der Waals surface area contributed by atoms with Crippen molar-refractivity contribution in [3.63, 3.8) is 0 Å². The summed E-state index contributed by atoms with van der Waals surface area (Å²) < 4.78 is 11.3. The third kappa shape index (κ3) is 5.59. The average Bonchev–Trinajstić information content (AvgIpc) is 3.28. The molecular formula is C29H31N3O5. The number of pyridine rings is 1. The van der Waals surface area contributed by atoms with E-state index in [-0.39, 0.29) is 23.7 Å². The van der Waals surface area contributed by atoms with Crippen molar-refractivity contribution in [2.24, 2.45) is 0 Å². The van der Waals surface area contributed by atoms with Crippen LogP contribution in [-0.4, -0.2) is 57.7 Å². The van der Waals surface area contributed by atoms with Gasteiger partial charge in [-0.3, -0.25) is 9.80 Å². The highest BCUT2D eigenvalue weighted by Gasteiger charge is 2.40. The number of rotatable bonds is 7. The zero-order chi connectivity index (χ0) is 25.9.